The third-order valence-electron chi connectivity index (χ3n) is 1.11. The Labute approximate surface area is 58.8 Å². The summed E-state index contributed by atoms with van der Waals surface area (Å²) in [5.41, 5.74) is 5.28. The number of Topliss-reactive ketones (excluding diaryl/α,β-unsaturated/α-hetero) is 1. The van der Waals surface area contributed by atoms with Gasteiger partial charge < -0.3 is 10.2 Å². The molecule has 0 bridgehead atoms. The molecule has 0 spiro atoms. The summed E-state index contributed by atoms with van der Waals surface area (Å²) in [7, 11) is 0. The second-order valence-corrected chi connectivity index (χ2v) is 2.18. The van der Waals surface area contributed by atoms with Crippen LogP contribution in [0.25, 0.3) is 0 Å². The van der Waals surface area contributed by atoms with Crippen LogP contribution in [0.5, 0.6) is 0 Å². The van der Waals surface area contributed by atoms with Gasteiger partial charge in [-0.05, 0) is 13.0 Å². The van der Waals surface area contributed by atoms with Gasteiger partial charge in [-0.25, -0.2) is 0 Å². The van der Waals surface area contributed by atoms with Crippen LogP contribution in [0.4, 0.5) is 5.88 Å². The Morgan fingerprint density at radius 3 is 2.80 bits per heavy atom. The van der Waals surface area contributed by atoms with Crippen molar-refractivity contribution in [2.45, 2.75) is 13.3 Å². The summed E-state index contributed by atoms with van der Waals surface area (Å²) in [6.07, 6.45) is 0.331. The zero-order valence-corrected chi connectivity index (χ0v) is 5.76. The number of anilines is 1. The summed E-state index contributed by atoms with van der Waals surface area (Å²) in [6.45, 7) is 1.51. The lowest BCUT2D eigenvalue weighted by Crippen LogP contribution is -1.93. The van der Waals surface area contributed by atoms with Gasteiger partial charge in [0.15, 0.2) is 5.88 Å². The van der Waals surface area contributed by atoms with E-state index in [1.807, 2.05) is 0 Å². The standard InChI is InChI=1S/C7H9NO2/c1-5(9)4-6-2-3-7(8)10-6/h2-3H,4,8H2,1H3. The Morgan fingerprint density at radius 1 is 1.70 bits per heavy atom. The molecule has 1 rings (SSSR count). The lowest BCUT2D eigenvalue weighted by molar-refractivity contribution is -0.116. The van der Waals surface area contributed by atoms with Crippen LogP contribution in [0, 0.1) is 0 Å². The summed E-state index contributed by atoms with van der Waals surface area (Å²) >= 11 is 0. The minimum absolute atomic E-state index is 0.0781. The highest BCUT2D eigenvalue weighted by Crippen LogP contribution is 2.09. The first-order valence-corrected chi connectivity index (χ1v) is 3.02. The maximum absolute atomic E-state index is 10.5. The summed E-state index contributed by atoms with van der Waals surface area (Å²) < 4.78 is 4.95. The number of nitrogens with two attached hydrogens (primary N) is 1. The quantitative estimate of drug-likeness (QED) is 0.664. The number of furan rings is 1. The van der Waals surface area contributed by atoms with E-state index in [1.165, 1.54) is 6.92 Å². The molecule has 3 heteroatoms. The van der Waals surface area contributed by atoms with Crippen LogP contribution >= 0.6 is 0 Å². The topological polar surface area (TPSA) is 56.2 Å². The molecule has 0 saturated heterocycles. The van der Waals surface area contributed by atoms with Crippen molar-refractivity contribution in [3.8, 4) is 0 Å². The lowest BCUT2D eigenvalue weighted by Gasteiger charge is -1.87. The molecule has 10 heavy (non-hydrogen) atoms. The molecule has 0 atom stereocenters. The Morgan fingerprint density at radius 2 is 2.40 bits per heavy atom. The van der Waals surface area contributed by atoms with Gasteiger partial charge in [-0.1, -0.05) is 0 Å². The molecule has 3 nitrogen and oxygen atoms in total. The van der Waals surface area contributed by atoms with Crippen molar-refractivity contribution in [1.29, 1.82) is 0 Å². The van der Waals surface area contributed by atoms with Crippen molar-refractivity contribution >= 4 is 11.7 Å². The Kier molecular flexibility index (Phi) is 1.76. The van der Waals surface area contributed by atoms with Crippen molar-refractivity contribution in [2.24, 2.45) is 0 Å². The number of hydrogen-bond donors (Lipinski definition) is 1. The summed E-state index contributed by atoms with van der Waals surface area (Å²) in [5, 5.41) is 0. The molecule has 54 valence electrons. The Hall–Kier alpha value is -1.25. The molecule has 0 aliphatic heterocycles. The minimum atomic E-state index is 0.0781. The van der Waals surface area contributed by atoms with E-state index in [0.29, 0.717) is 18.1 Å². The molecule has 1 aromatic heterocycles. The van der Waals surface area contributed by atoms with Crippen molar-refractivity contribution in [3.05, 3.63) is 17.9 Å². The summed E-state index contributed by atoms with van der Waals surface area (Å²) in [4.78, 5) is 10.5. The van der Waals surface area contributed by atoms with Gasteiger partial charge in [-0.3, -0.25) is 4.79 Å². The molecule has 0 amide bonds. The zero-order chi connectivity index (χ0) is 7.56. The molecule has 1 aromatic rings. The summed E-state index contributed by atoms with van der Waals surface area (Å²) in [5.74, 6) is 1.07. The number of hydrogen-bond acceptors (Lipinski definition) is 3. The smallest absolute Gasteiger partial charge is 0.190 e. The monoisotopic (exact) mass is 139 g/mol. The van der Waals surface area contributed by atoms with Gasteiger partial charge in [0.1, 0.15) is 11.5 Å². The maximum atomic E-state index is 10.5. The third-order valence-corrected chi connectivity index (χ3v) is 1.11. The minimum Gasteiger partial charge on any atom is -0.446 e. The highest BCUT2D eigenvalue weighted by Gasteiger charge is 2.00. The fourth-order valence-electron chi connectivity index (χ4n) is 0.735. The van der Waals surface area contributed by atoms with Gasteiger partial charge >= 0.3 is 0 Å². The molecule has 0 aliphatic rings. The van der Waals surface area contributed by atoms with Crippen molar-refractivity contribution in [1.82, 2.24) is 0 Å². The number of carbonyl (C=O) groups excluding carboxylic acids is 1. The SMILES string of the molecule is CC(=O)Cc1ccc(N)o1. The zero-order valence-electron chi connectivity index (χ0n) is 5.76. The van der Waals surface area contributed by atoms with Crippen LogP contribution in [0.15, 0.2) is 16.5 Å². The average Bonchev–Trinajstić information content (AvgIpc) is 2.13. The Balaban J connectivity index is 2.67. The van der Waals surface area contributed by atoms with E-state index in [4.69, 9.17) is 10.2 Å². The number of carbonyl (C=O) groups is 1. The highest BCUT2D eigenvalue weighted by atomic mass is 16.4. The predicted octanol–water partition coefficient (Wildman–Crippen LogP) is 0.993. The largest absolute Gasteiger partial charge is 0.446 e. The molecule has 0 radical (unpaired) electrons. The van der Waals surface area contributed by atoms with Crippen LogP contribution in [0.2, 0.25) is 0 Å². The fraction of sp³-hybridized carbons (Fsp3) is 0.286. The molecule has 0 saturated carbocycles. The van der Waals surface area contributed by atoms with Gasteiger partial charge in [0.2, 0.25) is 0 Å². The summed E-state index contributed by atoms with van der Waals surface area (Å²) in [6, 6.07) is 3.34. The second kappa shape index (κ2) is 2.56. The number of ketones is 1. The van der Waals surface area contributed by atoms with E-state index < -0.39 is 0 Å². The predicted molar refractivity (Wildman–Crippen MR) is 37.5 cm³/mol. The van der Waals surface area contributed by atoms with E-state index in [1.54, 1.807) is 12.1 Å². The number of nitrogen functional groups attached to an aromatic ring is 1. The Bertz CT molecular complexity index is 240. The highest BCUT2D eigenvalue weighted by molar-refractivity contribution is 5.77. The van der Waals surface area contributed by atoms with Crippen LogP contribution in [-0.2, 0) is 11.2 Å². The first-order valence-electron chi connectivity index (χ1n) is 3.02. The van der Waals surface area contributed by atoms with Crippen molar-refractivity contribution in [2.75, 3.05) is 5.73 Å². The molecule has 0 fully saturated rings. The van der Waals surface area contributed by atoms with Gasteiger partial charge in [0.25, 0.3) is 0 Å². The maximum Gasteiger partial charge on any atom is 0.190 e. The first-order chi connectivity index (χ1) is 4.68. The van der Waals surface area contributed by atoms with Gasteiger partial charge in [0.05, 0.1) is 6.42 Å². The molecule has 1 heterocycles. The van der Waals surface area contributed by atoms with Gasteiger partial charge in [-0.2, -0.15) is 0 Å². The molecular formula is C7H9NO2. The fourth-order valence-corrected chi connectivity index (χ4v) is 0.735. The number of rotatable bonds is 2. The molecule has 0 aromatic carbocycles. The normalized spacial score (nSPS) is 9.70. The molecule has 2 N–H and O–H groups in total. The third kappa shape index (κ3) is 1.62. The first kappa shape index (κ1) is 6.86. The van der Waals surface area contributed by atoms with Crippen LogP contribution in [-0.4, -0.2) is 5.78 Å². The second-order valence-electron chi connectivity index (χ2n) is 2.18. The van der Waals surface area contributed by atoms with E-state index in [-0.39, 0.29) is 5.78 Å². The average molecular weight is 139 g/mol. The van der Waals surface area contributed by atoms with E-state index in [9.17, 15) is 4.79 Å². The van der Waals surface area contributed by atoms with Gasteiger partial charge in [0, 0.05) is 6.07 Å². The van der Waals surface area contributed by atoms with Crippen molar-refractivity contribution in [3.63, 3.8) is 0 Å². The van der Waals surface area contributed by atoms with E-state index >= 15 is 0 Å². The molecule has 0 aliphatic carbocycles. The van der Waals surface area contributed by atoms with E-state index in [2.05, 4.69) is 0 Å². The van der Waals surface area contributed by atoms with Crippen molar-refractivity contribution < 1.29 is 9.21 Å². The van der Waals surface area contributed by atoms with Gasteiger partial charge in [-0.15, -0.1) is 0 Å². The molecule has 0 unspecified atom stereocenters. The lowest BCUT2D eigenvalue weighted by atomic mass is 10.2. The van der Waals surface area contributed by atoms with Crippen LogP contribution in [0.1, 0.15) is 12.7 Å². The van der Waals surface area contributed by atoms with Crippen LogP contribution in [0.3, 0.4) is 0 Å². The van der Waals surface area contributed by atoms with Crippen LogP contribution < -0.4 is 5.73 Å². The molecular weight excluding hydrogens is 130 g/mol. The van der Waals surface area contributed by atoms with E-state index in [0.717, 1.165) is 0 Å².